The highest BCUT2D eigenvalue weighted by atomic mass is 16.4. The molecule has 3 N–H and O–H groups in total. The first kappa shape index (κ1) is 21.9. The van der Waals surface area contributed by atoms with Gasteiger partial charge in [0.25, 0.3) is 5.91 Å². The summed E-state index contributed by atoms with van der Waals surface area (Å²) in [5.74, 6) is 1.47. The highest BCUT2D eigenvalue weighted by Crippen LogP contribution is 2.22. The van der Waals surface area contributed by atoms with Gasteiger partial charge in [0.1, 0.15) is 11.6 Å². The third-order valence-corrected chi connectivity index (χ3v) is 6.43. The van der Waals surface area contributed by atoms with Crippen molar-refractivity contribution in [1.82, 2.24) is 24.5 Å². The number of nitrogens with zero attached hydrogens (tertiary/aromatic N) is 6. The van der Waals surface area contributed by atoms with Gasteiger partial charge in [0.2, 0.25) is 5.95 Å². The number of hydrogen-bond acceptors (Lipinski definition) is 7. The van der Waals surface area contributed by atoms with Crippen LogP contribution in [-0.2, 0) is 0 Å². The van der Waals surface area contributed by atoms with Gasteiger partial charge in [-0.15, -0.1) is 5.10 Å². The molecular weight excluding hydrogens is 436 g/mol. The lowest BCUT2D eigenvalue weighted by Gasteiger charge is -2.33. The molecule has 4 heterocycles. The van der Waals surface area contributed by atoms with Crippen molar-refractivity contribution in [1.29, 1.82) is 0 Å². The standard InChI is InChI=1S/C23H28N8O3/c32-21(16-9-10-18(24-15-16)29-11-13-30(14-12-29)23(33)34)27-22-26-20-8-4-7-19(31(20)28-22)25-17-5-2-1-3-6-17/h4,7-10,15,17,25H,1-3,5-6,11-14H2,(H,33,34)(H,27,28,32). The lowest BCUT2D eigenvalue weighted by Crippen LogP contribution is -2.48. The number of fused-ring (bicyclic) bond motifs is 1. The molecule has 11 heteroatoms. The first-order valence-electron chi connectivity index (χ1n) is 11.7. The maximum Gasteiger partial charge on any atom is 0.407 e. The van der Waals surface area contributed by atoms with E-state index in [0.29, 0.717) is 49.2 Å². The molecule has 5 rings (SSSR count). The zero-order chi connectivity index (χ0) is 23.5. The minimum atomic E-state index is -0.905. The summed E-state index contributed by atoms with van der Waals surface area (Å²) in [7, 11) is 0. The number of aromatic nitrogens is 4. The van der Waals surface area contributed by atoms with Crippen molar-refractivity contribution in [3.8, 4) is 0 Å². The Kier molecular flexibility index (Phi) is 6.15. The fourth-order valence-corrected chi connectivity index (χ4v) is 4.53. The normalized spacial score (nSPS) is 17.1. The molecule has 0 aromatic carbocycles. The van der Waals surface area contributed by atoms with Crippen LogP contribution in [0.2, 0.25) is 0 Å². The monoisotopic (exact) mass is 464 g/mol. The van der Waals surface area contributed by atoms with Crippen LogP contribution in [0.1, 0.15) is 42.5 Å². The van der Waals surface area contributed by atoms with E-state index in [1.54, 1.807) is 16.6 Å². The molecule has 0 atom stereocenters. The van der Waals surface area contributed by atoms with E-state index in [1.807, 2.05) is 23.1 Å². The minimum absolute atomic E-state index is 0.233. The Morgan fingerprint density at radius 1 is 1.00 bits per heavy atom. The van der Waals surface area contributed by atoms with Crippen LogP contribution in [0.25, 0.3) is 5.65 Å². The van der Waals surface area contributed by atoms with Crippen molar-refractivity contribution < 1.29 is 14.7 Å². The van der Waals surface area contributed by atoms with E-state index in [4.69, 9.17) is 5.11 Å². The van der Waals surface area contributed by atoms with Crippen LogP contribution in [-0.4, -0.2) is 73.8 Å². The molecule has 1 aliphatic heterocycles. The molecule has 0 unspecified atom stereocenters. The molecule has 1 saturated heterocycles. The van der Waals surface area contributed by atoms with Gasteiger partial charge in [-0.25, -0.2) is 9.78 Å². The molecular formula is C23H28N8O3. The summed E-state index contributed by atoms with van der Waals surface area (Å²) < 4.78 is 1.72. The Hall–Kier alpha value is -3.89. The van der Waals surface area contributed by atoms with E-state index in [1.165, 1.54) is 30.4 Å². The lowest BCUT2D eigenvalue weighted by atomic mass is 9.95. The van der Waals surface area contributed by atoms with Gasteiger partial charge < -0.3 is 20.2 Å². The van der Waals surface area contributed by atoms with Gasteiger partial charge in [-0.2, -0.15) is 9.50 Å². The molecule has 3 aromatic heterocycles. The van der Waals surface area contributed by atoms with Gasteiger partial charge >= 0.3 is 6.09 Å². The fraction of sp³-hybridized carbons (Fsp3) is 0.435. The molecule has 2 aliphatic rings. The van der Waals surface area contributed by atoms with E-state index in [0.717, 1.165) is 18.7 Å². The van der Waals surface area contributed by atoms with Crippen molar-refractivity contribution >= 4 is 35.2 Å². The Balaban J connectivity index is 1.24. The SMILES string of the molecule is O=C(Nc1nc2cccc(NC3CCCCC3)n2n1)c1ccc(N2CCN(C(=O)O)CC2)nc1. The Morgan fingerprint density at radius 3 is 2.50 bits per heavy atom. The second-order valence-corrected chi connectivity index (χ2v) is 8.71. The number of amides is 2. The van der Waals surface area contributed by atoms with E-state index >= 15 is 0 Å². The molecule has 1 aliphatic carbocycles. The van der Waals surface area contributed by atoms with E-state index in [9.17, 15) is 9.59 Å². The second-order valence-electron chi connectivity index (χ2n) is 8.71. The summed E-state index contributed by atoms with van der Waals surface area (Å²) in [6.07, 6.45) is 6.66. The highest BCUT2D eigenvalue weighted by Gasteiger charge is 2.22. The minimum Gasteiger partial charge on any atom is -0.465 e. The zero-order valence-corrected chi connectivity index (χ0v) is 18.9. The first-order valence-corrected chi connectivity index (χ1v) is 11.7. The van der Waals surface area contributed by atoms with Crippen molar-refractivity contribution in [2.24, 2.45) is 0 Å². The average molecular weight is 465 g/mol. The molecule has 2 amide bonds. The van der Waals surface area contributed by atoms with Crippen LogP contribution in [0.15, 0.2) is 36.5 Å². The average Bonchev–Trinajstić information content (AvgIpc) is 3.28. The Labute approximate surface area is 196 Å². The zero-order valence-electron chi connectivity index (χ0n) is 18.9. The molecule has 0 spiro atoms. The Morgan fingerprint density at radius 2 is 1.79 bits per heavy atom. The van der Waals surface area contributed by atoms with Gasteiger partial charge in [-0.1, -0.05) is 25.3 Å². The number of carbonyl (C=O) groups is 2. The third kappa shape index (κ3) is 4.73. The summed E-state index contributed by atoms with van der Waals surface area (Å²) in [5, 5.41) is 19.9. The molecule has 11 nitrogen and oxygen atoms in total. The van der Waals surface area contributed by atoms with E-state index in [-0.39, 0.29) is 11.9 Å². The quantitative estimate of drug-likeness (QED) is 0.526. The maximum atomic E-state index is 12.8. The van der Waals surface area contributed by atoms with Gasteiger partial charge in [-0.05, 0) is 37.1 Å². The van der Waals surface area contributed by atoms with Crippen LogP contribution in [0.3, 0.4) is 0 Å². The summed E-state index contributed by atoms with van der Waals surface area (Å²) >= 11 is 0. The van der Waals surface area contributed by atoms with Crippen molar-refractivity contribution in [3.63, 3.8) is 0 Å². The van der Waals surface area contributed by atoms with Crippen molar-refractivity contribution in [3.05, 3.63) is 42.1 Å². The molecule has 0 bridgehead atoms. The Bertz CT molecular complexity index is 1160. The number of piperazine rings is 1. The molecule has 3 aromatic rings. The topological polar surface area (TPSA) is 128 Å². The molecule has 2 fully saturated rings. The van der Waals surface area contributed by atoms with Crippen LogP contribution in [0.5, 0.6) is 0 Å². The van der Waals surface area contributed by atoms with Crippen molar-refractivity contribution in [2.45, 2.75) is 38.1 Å². The van der Waals surface area contributed by atoms with Crippen LogP contribution >= 0.6 is 0 Å². The maximum absolute atomic E-state index is 12.8. The van der Waals surface area contributed by atoms with Crippen LogP contribution < -0.4 is 15.5 Å². The summed E-state index contributed by atoms with van der Waals surface area (Å²) in [6.45, 7) is 1.98. The molecule has 0 radical (unpaired) electrons. The van der Waals surface area contributed by atoms with Crippen molar-refractivity contribution in [2.75, 3.05) is 41.7 Å². The van der Waals surface area contributed by atoms with Crippen LogP contribution in [0.4, 0.5) is 22.4 Å². The number of rotatable bonds is 5. The molecule has 34 heavy (non-hydrogen) atoms. The number of hydrogen-bond donors (Lipinski definition) is 3. The third-order valence-electron chi connectivity index (χ3n) is 6.43. The van der Waals surface area contributed by atoms with E-state index in [2.05, 4.69) is 25.7 Å². The van der Waals surface area contributed by atoms with E-state index < -0.39 is 6.09 Å². The second kappa shape index (κ2) is 9.54. The fourth-order valence-electron chi connectivity index (χ4n) is 4.53. The van der Waals surface area contributed by atoms with Gasteiger partial charge in [0, 0.05) is 38.4 Å². The number of nitrogens with one attached hydrogen (secondary N) is 2. The smallest absolute Gasteiger partial charge is 0.407 e. The van der Waals surface area contributed by atoms with Gasteiger partial charge in [0.05, 0.1) is 5.56 Å². The highest BCUT2D eigenvalue weighted by molar-refractivity contribution is 6.03. The summed E-state index contributed by atoms with van der Waals surface area (Å²) in [4.78, 5) is 36.1. The predicted molar refractivity (Wildman–Crippen MR) is 127 cm³/mol. The predicted octanol–water partition coefficient (Wildman–Crippen LogP) is 2.92. The number of carboxylic acid groups (broad SMARTS) is 1. The molecule has 1 saturated carbocycles. The summed E-state index contributed by atoms with van der Waals surface area (Å²) in [6, 6.07) is 9.66. The largest absolute Gasteiger partial charge is 0.465 e. The van der Waals surface area contributed by atoms with Gasteiger partial charge in [-0.3, -0.25) is 10.1 Å². The number of pyridine rings is 2. The van der Waals surface area contributed by atoms with Gasteiger partial charge in [0.15, 0.2) is 5.65 Å². The summed E-state index contributed by atoms with van der Waals surface area (Å²) in [5.41, 5.74) is 1.05. The first-order chi connectivity index (χ1) is 16.6. The molecule has 178 valence electrons. The number of carbonyl (C=O) groups excluding carboxylic acids is 1. The lowest BCUT2D eigenvalue weighted by molar-refractivity contribution is 0.102. The number of anilines is 3. The van der Waals surface area contributed by atoms with Crippen LogP contribution in [0, 0.1) is 0 Å².